The molecule has 0 heterocycles. The highest BCUT2D eigenvalue weighted by molar-refractivity contribution is 5.84. The molecular formula is C20H19NO2. The molecule has 0 aromatic heterocycles. The van der Waals surface area contributed by atoms with Gasteiger partial charge in [0.25, 0.3) is 5.43 Å². The highest BCUT2D eigenvalue weighted by atomic mass is 16.2. The summed E-state index contributed by atoms with van der Waals surface area (Å²) in [5.41, 5.74) is 3.90. The molecule has 3 aromatic carbocycles. The minimum atomic E-state index is -0.450. The molecule has 116 valence electrons. The number of aryl methyl sites for hydroxylation is 1. The van der Waals surface area contributed by atoms with E-state index >= 15 is 0 Å². The zero-order chi connectivity index (χ0) is 16.6. The van der Waals surface area contributed by atoms with E-state index in [2.05, 4.69) is 19.2 Å². The van der Waals surface area contributed by atoms with Crippen LogP contribution in [0.4, 0.5) is 11.4 Å². The first-order valence-electron chi connectivity index (χ1n) is 7.74. The van der Waals surface area contributed by atoms with E-state index in [1.54, 1.807) is 0 Å². The maximum absolute atomic E-state index is 12.0. The summed E-state index contributed by atoms with van der Waals surface area (Å²) in [4.78, 5) is 23.9. The Morgan fingerprint density at radius 3 is 2.22 bits per heavy atom. The molecule has 0 saturated heterocycles. The second-order valence-corrected chi connectivity index (χ2v) is 6.18. The zero-order valence-corrected chi connectivity index (χ0v) is 13.5. The van der Waals surface area contributed by atoms with Crippen molar-refractivity contribution in [2.75, 3.05) is 5.32 Å². The maximum Gasteiger partial charge on any atom is 0.250 e. The van der Waals surface area contributed by atoms with Crippen molar-refractivity contribution in [3.8, 4) is 11.1 Å². The summed E-state index contributed by atoms with van der Waals surface area (Å²) in [6, 6.07) is 15.6. The second kappa shape index (κ2) is 5.84. The van der Waals surface area contributed by atoms with E-state index in [0.29, 0.717) is 17.2 Å². The molecule has 3 heteroatoms. The van der Waals surface area contributed by atoms with Gasteiger partial charge in [-0.3, -0.25) is 9.59 Å². The Hall–Kier alpha value is -2.68. The first kappa shape index (κ1) is 15.2. The number of anilines is 2. The Kier molecular flexibility index (Phi) is 3.87. The molecule has 0 radical (unpaired) electrons. The smallest absolute Gasteiger partial charge is 0.250 e. The molecule has 3 rings (SSSR count). The van der Waals surface area contributed by atoms with Crippen LogP contribution in [0, 0.1) is 6.92 Å². The molecular weight excluding hydrogens is 286 g/mol. The summed E-state index contributed by atoms with van der Waals surface area (Å²) >= 11 is 0. The molecule has 0 spiro atoms. The van der Waals surface area contributed by atoms with Crippen molar-refractivity contribution in [3.05, 3.63) is 80.1 Å². The fraction of sp³-hybridized carbons (Fsp3) is 0.200. The van der Waals surface area contributed by atoms with Crippen LogP contribution in [0.3, 0.4) is 0 Å². The molecule has 0 aliphatic rings. The average Bonchev–Trinajstić information content (AvgIpc) is 2.54. The lowest BCUT2D eigenvalue weighted by atomic mass is 9.95. The van der Waals surface area contributed by atoms with Crippen LogP contribution in [0.5, 0.6) is 0 Å². The number of rotatable bonds is 4. The van der Waals surface area contributed by atoms with E-state index in [4.69, 9.17) is 0 Å². The molecule has 3 nitrogen and oxygen atoms in total. The van der Waals surface area contributed by atoms with Crippen LogP contribution in [0.1, 0.15) is 30.9 Å². The van der Waals surface area contributed by atoms with Gasteiger partial charge in [0.15, 0.2) is 0 Å². The van der Waals surface area contributed by atoms with Crippen LogP contribution in [0.2, 0.25) is 0 Å². The van der Waals surface area contributed by atoms with Crippen molar-refractivity contribution >= 4 is 11.4 Å². The third-order valence-corrected chi connectivity index (χ3v) is 4.06. The van der Waals surface area contributed by atoms with Gasteiger partial charge in [-0.15, -0.1) is 0 Å². The van der Waals surface area contributed by atoms with Crippen molar-refractivity contribution < 1.29 is 0 Å². The molecule has 0 aliphatic carbocycles. The number of hydrogen-bond donors (Lipinski definition) is 1. The summed E-state index contributed by atoms with van der Waals surface area (Å²) in [5.74, 6) is 0.432. The van der Waals surface area contributed by atoms with Gasteiger partial charge in [0, 0.05) is 5.69 Å². The van der Waals surface area contributed by atoms with Gasteiger partial charge in [-0.2, -0.15) is 0 Å². The zero-order valence-electron chi connectivity index (χ0n) is 13.5. The third-order valence-electron chi connectivity index (χ3n) is 4.06. The van der Waals surface area contributed by atoms with Crippen molar-refractivity contribution in [2.24, 2.45) is 0 Å². The molecule has 0 saturated carbocycles. The van der Waals surface area contributed by atoms with Gasteiger partial charge in [0.05, 0.1) is 5.56 Å². The molecule has 0 fully saturated rings. The van der Waals surface area contributed by atoms with Crippen LogP contribution in [0.15, 0.2) is 58.1 Å². The Balaban J connectivity index is 1.97. The predicted molar refractivity (Wildman–Crippen MR) is 95.3 cm³/mol. The lowest BCUT2D eigenvalue weighted by Gasteiger charge is -2.14. The van der Waals surface area contributed by atoms with Crippen LogP contribution in [0.25, 0.3) is 11.1 Å². The van der Waals surface area contributed by atoms with Gasteiger partial charge in [-0.05, 0) is 41.7 Å². The Labute approximate surface area is 135 Å². The summed E-state index contributed by atoms with van der Waals surface area (Å²) in [7, 11) is 0. The highest BCUT2D eigenvalue weighted by Crippen LogP contribution is 2.28. The molecule has 23 heavy (non-hydrogen) atoms. The Morgan fingerprint density at radius 1 is 0.913 bits per heavy atom. The quantitative estimate of drug-likeness (QED) is 0.737. The van der Waals surface area contributed by atoms with Crippen LogP contribution < -0.4 is 16.2 Å². The lowest BCUT2D eigenvalue weighted by molar-refractivity contribution is 0.867. The fourth-order valence-corrected chi connectivity index (χ4v) is 2.69. The van der Waals surface area contributed by atoms with Crippen LogP contribution >= 0.6 is 0 Å². The third kappa shape index (κ3) is 2.82. The van der Waals surface area contributed by atoms with E-state index in [9.17, 15) is 9.59 Å². The standard InChI is InChI=1S/C20H19NO2/c1-12(2)14-7-9-15(10-8-14)17-18(20(23)19(17)22)21-16-6-4-5-13(3)11-16/h4-12,21H,1-3H3. The minimum Gasteiger partial charge on any atom is -0.352 e. The molecule has 0 amide bonds. The first-order chi connectivity index (χ1) is 11.0. The van der Waals surface area contributed by atoms with Crippen molar-refractivity contribution in [1.82, 2.24) is 0 Å². The summed E-state index contributed by atoms with van der Waals surface area (Å²) in [6.07, 6.45) is 0. The van der Waals surface area contributed by atoms with Gasteiger partial charge in [-0.1, -0.05) is 50.2 Å². The highest BCUT2D eigenvalue weighted by Gasteiger charge is 2.22. The average molecular weight is 305 g/mol. The summed E-state index contributed by atoms with van der Waals surface area (Å²) in [5, 5.41) is 3.09. The van der Waals surface area contributed by atoms with E-state index in [1.807, 2.05) is 55.5 Å². The Bertz CT molecular complexity index is 914. The largest absolute Gasteiger partial charge is 0.352 e. The van der Waals surface area contributed by atoms with Gasteiger partial charge < -0.3 is 5.32 Å². The minimum absolute atomic E-state index is 0.387. The molecule has 0 aliphatic heterocycles. The summed E-state index contributed by atoms with van der Waals surface area (Å²) < 4.78 is 0. The predicted octanol–water partition coefficient (Wildman–Crippen LogP) is 4.13. The maximum atomic E-state index is 12.0. The number of hydrogen-bond acceptors (Lipinski definition) is 3. The van der Waals surface area contributed by atoms with E-state index in [1.165, 1.54) is 5.56 Å². The molecule has 3 aromatic rings. The summed E-state index contributed by atoms with van der Waals surface area (Å²) in [6.45, 7) is 6.23. The topological polar surface area (TPSA) is 46.2 Å². The second-order valence-electron chi connectivity index (χ2n) is 6.18. The normalized spacial score (nSPS) is 11.1. The number of benzene rings is 2. The van der Waals surface area contributed by atoms with Crippen LogP contribution in [-0.4, -0.2) is 0 Å². The van der Waals surface area contributed by atoms with Gasteiger partial charge >= 0.3 is 0 Å². The van der Waals surface area contributed by atoms with E-state index < -0.39 is 10.9 Å². The van der Waals surface area contributed by atoms with Crippen molar-refractivity contribution in [1.29, 1.82) is 0 Å². The SMILES string of the molecule is Cc1cccc(Nc2c(-c3ccc(C(C)C)cc3)c(=O)c2=O)c1. The van der Waals surface area contributed by atoms with Gasteiger partial charge in [-0.25, -0.2) is 0 Å². The van der Waals surface area contributed by atoms with Gasteiger partial charge in [0.2, 0.25) is 5.43 Å². The lowest BCUT2D eigenvalue weighted by Crippen LogP contribution is -2.35. The fourth-order valence-electron chi connectivity index (χ4n) is 2.69. The van der Waals surface area contributed by atoms with E-state index in [-0.39, 0.29) is 0 Å². The van der Waals surface area contributed by atoms with Gasteiger partial charge in [0.1, 0.15) is 5.69 Å². The monoisotopic (exact) mass is 305 g/mol. The molecule has 0 unspecified atom stereocenters. The van der Waals surface area contributed by atoms with Crippen LogP contribution in [-0.2, 0) is 0 Å². The van der Waals surface area contributed by atoms with Crippen molar-refractivity contribution in [2.45, 2.75) is 26.7 Å². The van der Waals surface area contributed by atoms with E-state index in [0.717, 1.165) is 16.8 Å². The molecule has 0 bridgehead atoms. The molecule has 1 N–H and O–H groups in total. The Morgan fingerprint density at radius 2 is 1.61 bits per heavy atom. The number of nitrogens with one attached hydrogen (secondary N) is 1. The molecule has 0 atom stereocenters. The first-order valence-corrected chi connectivity index (χ1v) is 7.74. The van der Waals surface area contributed by atoms with Crippen molar-refractivity contribution in [3.63, 3.8) is 0 Å².